The monoisotopic (exact) mass is 381 g/mol. The number of aromatic nitrogens is 3. The third-order valence-corrected chi connectivity index (χ3v) is 4.97. The van der Waals surface area contributed by atoms with Crippen molar-refractivity contribution in [1.82, 2.24) is 14.8 Å². The Kier molecular flexibility index (Phi) is 4.28. The zero-order valence-corrected chi connectivity index (χ0v) is 15.2. The predicted octanol–water partition coefficient (Wildman–Crippen LogP) is 2.04. The Morgan fingerprint density at radius 2 is 2.07 bits per heavy atom. The Hall–Kier alpha value is -3.33. The van der Waals surface area contributed by atoms with Gasteiger partial charge in [-0.05, 0) is 30.2 Å². The van der Waals surface area contributed by atoms with E-state index in [1.807, 2.05) is 23.6 Å². The van der Waals surface area contributed by atoms with Gasteiger partial charge in [0.25, 0.3) is 11.5 Å². The molecule has 0 aliphatic carbocycles. The number of carbonyl (C=O) groups excluding carboxylic acids is 2. The van der Waals surface area contributed by atoms with Crippen molar-refractivity contribution in [3.05, 3.63) is 57.3 Å². The van der Waals surface area contributed by atoms with E-state index in [2.05, 4.69) is 20.7 Å². The second kappa shape index (κ2) is 6.76. The van der Waals surface area contributed by atoms with E-state index < -0.39 is 5.91 Å². The molecule has 2 amide bonds. The van der Waals surface area contributed by atoms with Crippen LogP contribution in [0.15, 0.2) is 40.5 Å². The molecule has 1 aliphatic rings. The fourth-order valence-corrected chi connectivity index (χ4v) is 3.51. The predicted molar refractivity (Wildman–Crippen MR) is 102 cm³/mol. The van der Waals surface area contributed by atoms with Gasteiger partial charge in [-0.3, -0.25) is 19.7 Å². The van der Waals surface area contributed by atoms with Crippen molar-refractivity contribution in [2.75, 3.05) is 10.6 Å². The van der Waals surface area contributed by atoms with Gasteiger partial charge in [0.15, 0.2) is 5.13 Å². The minimum Gasteiger partial charge on any atom is -0.326 e. The van der Waals surface area contributed by atoms with Crippen molar-refractivity contribution in [1.29, 1.82) is 0 Å². The first-order chi connectivity index (χ1) is 13.0. The third kappa shape index (κ3) is 3.49. The van der Waals surface area contributed by atoms with Crippen LogP contribution >= 0.6 is 11.3 Å². The van der Waals surface area contributed by atoms with Crippen LogP contribution in [0.4, 0.5) is 10.8 Å². The number of hydrogen-bond donors (Lipinski definition) is 2. The second-order valence-corrected chi connectivity index (χ2v) is 6.95. The van der Waals surface area contributed by atoms with Crippen LogP contribution in [0.5, 0.6) is 0 Å². The highest BCUT2D eigenvalue weighted by molar-refractivity contribution is 7.14. The molecule has 8 nitrogen and oxygen atoms in total. The SMILES string of the molecule is Cn1nc(C(=O)Nc2nc(-c3ccc4c(c3)CCC(=O)N4)cs2)ccc1=O. The molecule has 0 unspecified atom stereocenters. The van der Waals surface area contributed by atoms with Crippen molar-refractivity contribution >= 4 is 34.0 Å². The fraction of sp³-hybridized carbons (Fsp3) is 0.167. The number of carbonyl (C=O) groups is 2. The average molecular weight is 381 g/mol. The highest BCUT2D eigenvalue weighted by atomic mass is 32.1. The van der Waals surface area contributed by atoms with E-state index in [-0.39, 0.29) is 17.2 Å². The summed E-state index contributed by atoms with van der Waals surface area (Å²) in [7, 11) is 1.49. The quantitative estimate of drug-likeness (QED) is 0.722. The molecule has 3 aromatic rings. The van der Waals surface area contributed by atoms with Crippen LogP contribution in [0.3, 0.4) is 0 Å². The lowest BCUT2D eigenvalue weighted by Crippen LogP contribution is -2.23. The van der Waals surface area contributed by atoms with Gasteiger partial charge in [0, 0.05) is 36.2 Å². The van der Waals surface area contributed by atoms with Gasteiger partial charge in [-0.15, -0.1) is 11.3 Å². The zero-order chi connectivity index (χ0) is 19.0. The van der Waals surface area contributed by atoms with Gasteiger partial charge in [-0.2, -0.15) is 5.10 Å². The Morgan fingerprint density at radius 3 is 2.89 bits per heavy atom. The maximum Gasteiger partial charge on any atom is 0.277 e. The molecule has 0 spiro atoms. The summed E-state index contributed by atoms with van der Waals surface area (Å²) in [6, 6.07) is 8.43. The van der Waals surface area contributed by atoms with E-state index in [4.69, 9.17) is 0 Å². The van der Waals surface area contributed by atoms with Crippen molar-refractivity contribution < 1.29 is 9.59 Å². The summed E-state index contributed by atoms with van der Waals surface area (Å²) in [6.45, 7) is 0. The van der Waals surface area contributed by atoms with Gasteiger partial charge in [0.2, 0.25) is 5.91 Å². The third-order valence-electron chi connectivity index (χ3n) is 4.21. The van der Waals surface area contributed by atoms with E-state index in [0.717, 1.165) is 27.2 Å². The van der Waals surface area contributed by atoms with Crippen LogP contribution in [0, 0.1) is 0 Å². The Labute approximate surface area is 157 Å². The van der Waals surface area contributed by atoms with E-state index in [1.54, 1.807) is 0 Å². The van der Waals surface area contributed by atoms with Crippen molar-refractivity contribution in [3.63, 3.8) is 0 Å². The van der Waals surface area contributed by atoms with E-state index in [1.165, 1.54) is 30.5 Å². The van der Waals surface area contributed by atoms with Gasteiger partial charge < -0.3 is 5.32 Å². The van der Waals surface area contributed by atoms with Crippen molar-refractivity contribution in [2.45, 2.75) is 12.8 Å². The second-order valence-electron chi connectivity index (χ2n) is 6.09. The molecule has 0 radical (unpaired) electrons. The van der Waals surface area contributed by atoms with Crippen LogP contribution < -0.4 is 16.2 Å². The number of rotatable bonds is 3. The molecule has 1 aliphatic heterocycles. The summed E-state index contributed by atoms with van der Waals surface area (Å²) in [6.07, 6.45) is 1.17. The minimum absolute atomic E-state index is 0.0286. The number of benzene rings is 1. The summed E-state index contributed by atoms with van der Waals surface area (Å²) in [5, 5.41) is 11.8. The molecule has 0 fully saturated rings. The molecule has 0 bridgehead atoms. The lowest BCUT2D eigenvalue weighted by molar-refractivity contribution is -0.116. The number of amides is 2. The molecule has 136 valence electrons. The molecule has 0 saturated carbocycles. The average Bonchev–Trinajstić information content (AvgIpc) is 3.12. The molecule has 0 atom stereocenters. The Bertz CT molecular complexity index is 1120. The molecule has 2 aromatic heterocycles. The Balaban J connectivity index is 1.53. The van der Waals surface area contributed by atoms with Gasteiger partial charge in [-0.1, -0.05) is 6.07 Å². The number of anilines is 2. The van der Waals surface area contributed by atoms with E-state index in [9.17, 15) is 14.4 Å². The van der Waals surface area contributed by atoms with Gasteiger partial charge in [0.1, 0.15) is 5.69 Å². The molecule has 2 N–H and O–H groups in total. The minimum atomic E-state index is -0.431. The molecule has 3 heterocycles. The summed E-state index contributed by atoms with van der Waals surface area (Å²) in [5.74, 6) is -0.402. The van der Waals surface area contributed by atoms with Crippen LogP contribution in [0.1, 0.15) is 22.5 Å². The largest absolute Gasteiger partial charge is 0.326 e. The number of nitrogens with zero attached hydrogens (tertiary/aromatic N) is 3. The summed E-state index contributed by atoms with van der Waals surface area (Å²) in [5.41, 5.74) is 3.41. The summed E-state index contributed by atoms with van der Waals surface area (Å²) < 4.78 is 1.11. The molecule has 4 rings (SSSR count). The summed E-state index contributed by atoms with van der Waals surface area (Å²) >= 11 is 1.30. The van der Waals surface area contributed by atoms with E-state index in [0.29, 0.717) is 18.0 Å². The molecule has 27 heavy (non-hydrogen) atoms. The number of thiazole rings is 1. The zero-order valence-electron chi connectivity index (χ0n) is 14.4. The normalized spacial score (nSPS) is 13.0. The molecular formula is C18H15N5O3S. The highest BCUT2D eigenvalue weighted by Gasteiger charge is 2.16. The van der Waals surface area contributed by atoms with Gasteiger partial charge in [-0.25, -0.2) is 9.67 Å². The molecule has 1 aromatic carbocycles. The van der Waals surface area contributed by atoms with E-state index >= 15 is 0 Å². The number of nitrogens with one attached hydrogen (secondary N) is 2. The Morgan fingerprint density at radius 1 is 1.22 bits per heavy atom. The van der Waals surface area contributed by atoms with Crippen LogP contribution in [0.2, 0.25) is 0 Å². The van der Waals surface area contributed by atoms with Crippen LogP contribution in [0.25, 0.3) is 11.3 Å². The number of aryl methyl sites for hydroxylation is 2. The molecular weight excluding hydrogens is 366 g/mol. The first-order valence-corrected chi connectivity index (χ1v) is 9.12. The van der Waals surface area contributed by atoms with Crippen molar-refractivity contribution in [3.8, 4) is 11.3 Å². The first-order valence-electron chi connectivity index (χ1n) is 8.24. The van der Waals surface area contributed by atoms with Crippen LogP contribution in [-0.4, -0.2) is 26.6 Å². The lowest BCUT2D eigenvalue weighted by Gasteiger charge is -2.17. The standard InChI is InChI=1S/C18H15N5O3S/c1-23-16(25)7-5-13(22-23)17(26)21-18-20-14(9-27-18)11-2-4-12-10(8-11)3-6-15(24)19-12/h2,4-5,7-9H,3,6H2,1H3,(H,19,24)(H,20,21,26). The number of fused-ring (bicyclic) bond motifs is 1. The summed E-state index contributed by atoms with van der Waals surface area (Å²) in [4.78, 5) is 39.6. The smallest absolute Gasteiger partial charge is 0.277 e. The highest BCUT2D eigenvalue weighted by Crippen LogP contribution is 2.30. The maximum absolute atomic E-state index is 12.3. The fourth-order valence-electron chi connectivity index (χ4n) is 2.79. The lowest BCUT2D eigenvalue weighted by atomic mass is 9.99. The molecule has 9 heteroatoms. The maximum atomic E-state index is 12.3. The van der Waals surface area contributed by atoms with Crippen molar-refractivity contribution in [2.24, 2.45) is 7.05 Å². The van der Waals surface area contributed by atoms with Gasteiger partial charge >= 0.3 is 0 Å². The van der Waals surface area contributed by atoms with Crippen LogP contribution in [-0.2, 0) is 18.3 Å². The first kappa shape index (κ1) is 17.1. The number of hydrogen-bond acceptors (Lipinski definition) is 6. The molecule has 0 saturated heterocycles. The topological polar surface area (TPSA) is 106 Å². The van der Waals surface area contributed by atoms with Gasteiger partial charge in [0.05, 0.1) is 5.69 Å².